The summed E-state index contributed by atoms with van der Waals surface area (Å²) in [5.41, 5.74) is 0.747. The van der Waals surface area contributed by atoms with Gasteiger partial charge in [-0.3, -0.25) is 4.79 Å². The van der Waals surface area contributed by atoms with Crippen LogP contribution >= 0.6 is 15.9 Å². The molecule has 0 amide bonds. The van der Waals surface area contributed by atoms with Crippen LogP contribution in [0.3, 0.4) is 0 Å². The van der Waals surface area contributed by atoms with Gasteiger partial charge in [0, 0.05) is 17.2 Å². The Kier molecular flexibility index (Phi) is 4.61. The number of hydrogen-bond donors (Lipinski definition) is 2. The second-order valence-electron chi connectivity index (χ2n) is 3.65. The third-order valence-corrected chi connectivity index (χ3v) is 3.28. The minimum absolute atomic E-state index is 0.114. The maximum Gasteiger partial charge on any atom is 0.341 e. The summed E-state index contributed by atoms with van der Waals surface area (Å²) < 4.78 is 0.769. The van der Waals surface area contributed by atoms with E-state index in [4.69, 9.17) is 5.11 Å². The smallest absolute Gasteiger partial charge is 0.341 e. The van der Waals surface area contributed by atoms with Gasteiger partial charge in [0.1, 0.15) is 11.3 Å². The Labute approximate surface area is 113 Å². The lowest BCUT2D eigenvalue weighted by atomic mass is 10.1. The van der Waals surface area contributed by atoms with Crippen LogP contribution in [-0.2, 0) is 4.79 Å². The number of carboxylic acids is 1. The van der Waals surface area contributed by atoms with Gasteiger partial charge in [-0.1, -0.05) is 0 Å². The summed E-state index contributed by atoms with van der Waals surface area (Å²) in [6.45, 7) is 3.27. The van der Waals surface area contributed by atoms with E-state index >= 15 is 0 Å². The number of hydrogen-bond acceptors (Lipinski definition) is 4. The Morgan fingerprint density at radius 2 is 2.00 bits per heavy atom. The number of allylic oxidation sites excluding steroid dienone is 1. The highest BCUT2D eigenvalue weighted by Gasteiger charge is 2.23. The van der Waals surface area contributed by atoms with E-state index in [9.17, 15) is 9.59 Å². The molecule has 0 spiro atoms. The van der Waals surface area contributed by atoms with Crippen molar-refractivity contribution in [3.63, 3.8) is 0 Å². The second kappa shape index (κ2) is 5.77. The van der Waals surface area contributed by atoms with Crippen LogP contribution in [-0.4, -0.2) is 28.9 Å². The molecule has 0 bridgehead atoms. The van der Waals surface area contributed by atoms with E-state index in [0.29, 0.717) is 11.4 Å². The highest BCUT2D eigenvalue weighted by Crippen LogP contribution is 2.16. The first kappa shape index (κ1) is 14.4. The van der Waals surface area contributed by atoms with Gasteiger partial charge in [0.15, 0.2) is 0 Å². The number of aryl methyl sites for hydroxylation is 1. The molecular weight excluding hydrogens is 300 g/mol. The standard InChI is InChI=1S/C12H13BrN2O3/c1-6-8(13)4-5-9(15-6)11(16)10(12(17)18)7(2)14-3/h4-5,14H,1-3H3,(H,17,18). The highest BCUT2D eigenvalue weighted by atomic mass is 79.9. The largest absolute Gasteiger partial charge is 0.477 e. The molecule has 0 aromatic carbocycles. The summed E-state index contributed by atoms with van der Waals surface area (Å²) in [7, 11) is 1.56. The molecule has 0 aliphatic heterocycles. The predicted molar refractivity (Wildman–Crippen MR) is 70.4 cm³/mol. The van der Waals surface area contributed by atoms with Gasteiger partial charge in [-0.25, -0.2) is 9.78 Å². The van der Waals surface area contributed by atoms with E-state index in [0.717, 1.165) is 4.47 Å². The van der Waals surface area contributed by atoms with Crippen LogP contribution < -0.4 is 5.32 Å². The number of nitrogens with one attached hydrogen (secondary N) is 1. The molecule has 96 valence electrons. The average molecular weight is 313 g/mol. The van der Waals surface area contributed by atoms with Crippen LogP contribution in [0.15, 0.2) is 27.9 Å². The molecule has 0 atom stereocenters. The molecule has 1 rings (SSSR count). The van der Waals surface area contributed by atoms with Crippen LogP contribution in [0.5, 0.6) is 0 Å². The number of rotatable bonds is 4. The highest BCUT2D eigenvalue weighted by molar-refractivity contribution is 9.10. The van der Waals surface area contributed by atoms with Gasteiger partial charge in [-0.05, 0) is 41.9 Å². The zero-order valence-corrected chi connectivity index (χ0v) is 11.8. The molecule has 0 aliphatic carbocycles. The number of nitrogens with zero attached hydrogens (tertiary/aromatic N) is 1. The molecule has 0 fully saturated rings. The topological polar surface area (TPSA) is 79.3 Å². The molecule has 5 nitrogen and oxygen atoms in total. The molecule has 18 heavy (non-hydrogen) atoms. The maximum absolute atomic E-state index is 12.1. The number of halogens is 1. The van der Waals surface area contributed by atoms with Crippen LogP contribution in [0, 0.1) is 6.92 Å². The van der Waals surface area contributed by atoms with Gasteiger partial charge >= 0.3 is 5.97 Å². The first-order valence-corrected chi connectivity index (χ1v) is 5.97. The van der Waals surface area contributed by atoms with Crippen molar-refractivity contribution in [3.8, 4) is 0 Å². The number of aromatic nitrogens is 1. The van der Waals surface area contributed by atoms with Crippen LogP contribution in [0.1, 0.15) is 23.1 Å². The van der Waals surface area contributed by atoms with Crippen molar-refractivity contribution in [1.82, 2.24) is 10.3 Å². The van der Waals surface area contributed by atoms with Gasteiger partial charge in [-0.2, -0.15) is 0 Å². The number of Topliss-reactive ketones (excluding diaryl/α,β-unsaturated/α-hetero) is 1. The van der Waals surface area contributed by atoms with Crippen molar-refractivity contribution in [1.29, 1.82) is 0 Å². The Balaban J connectivity index is 3.27. The van der Waals surface area contributed by atoms with Crippen LogP contribution in [0.4, 0.5) is 0 Å². The van der Waals surface area contributed by atoms with Crippen LogP contribution in [0.25, 0.3) is 0 Å². The van der Waals surface area contributed by atoms with E-state index in [1.54, 1.807) is 20.0 Å². The Hall–Kier alpha value is -1.69. The van der Waals surface area contributed by atoms with Crippen LogP contribution in [0.2, 0.25) is 0 Å². The lowest BCUT2D eigenvalue weighted by molar-refractivity contribution is -0.132. The molecule has 1 heterocycles. The first-order valence-electron chi connectivity index (χ1n) is 5.18. The minimum Gasteiger partial charge on any atom is -0.477 e. The number of aliphatic carboxylic acids is 1. The van der Waals surface area contributed by atoms with E-state index in [-0.39, 0.29) is 11.3 Å². The second-order valence-corrected chi connectivity index (χ2v) is 4.50. The number of carboxylic acid groups (broad SMARTS) is 1. The Morgan fingerprint density at radius 3 is 2.44 bits per heavy atom. The summed E-state index contributed by atoms with van der Waals surface area (Å²) in [4.78, 5) is 27.3. The van der Waals surface area contributed by atoms with E-state index in [1.165, 1.54) is 13.0 Å². The third-order valence-electron chi connectivity index (χ3n) is 2.44. The molecule has 2 N–H and O–H groups in total. The molecule has 0 saturated carbocycles. The summed E-state index contributed by atoms with van der Waals surface area (Å²) >= 11 is 3.27. The molecule has 6 heteroatoms. The molecule has 1 aromatic heterocycles. The third kappa shape index (κ3) is 2.95. The zero-order valence-electron chi connectivity index (χ0n) is 10.2. The van der Waals surface area contributed by atoms with Crippen molar-refractivity contribution in [2.45, 2.75) is 13.8 Å². The lowest BCUT2D eigenvalue weighted by Gasteiger charge is -2.07. The fourth-order valence-electron chi connectivity index (χ4n) is 1.35. The lowest BCUT2D eigenvalue weighted by Crippen LogP contribution is -2.20. The average Bonchev–Trinajstić information content (AvgIpc) is 2.32. The van der Waals surface area contributed by atoms with Crippen molar-refractivity contribution < 1.29 is 14.7 Å². The number of pyridine rings is 1. The van der Waals surface area contributed by atoms with E-state index in [2.05, 4.69) is 26.2 Å². The minimum atomic E-state index is -1.27. The number of carbonyl (C=O) groups is 2. The van der Waals surface area contributed by atoms with Crippen molar-refractivity contribution in [3.05, 3.63) is 39.3 Å². The molecule has 0 saturated heterocycles. The SMILES string of the molecule is CNC(C)=C(C(=O)O)C(=O)c1ccc(Br)c(C)n1. The fraction of sp³-hybridized carbons (Fsp3) is 0.250. The van der Waals surface area contributed by atoms with Crippen molar-refractivity contribution in [2.75, 3.05) is 7.05 Å². The van der Waals surface area contributed by atoms with Gasteiger partial charge in [0.2, 0.25) is 5.78 Å². The summed E-state index contributed by atoms with van der Waals surface area (Å²) in [5, 5.41) is 11.7. The molecule has 0 unspecified atom stereocenters. The first-order chi connectivity index (χ1) is 8.38. The van der Waals surface area contributed by atoms with Gasteiger partial charge in [-0.15, -0.1) is 0 Å². The predicted octanol–water partition coefficient (Wildman–Crippen LogP) is 1.91. The van der Waals surface area contributed by atoms with Gasteiger partial charge in [0.05, 0.1) is 5.69 Å². The quantitative estimate of drug-likeness (QED) is 0.384. The molecule has 0 aliphatic rings. The van der Waals surface area contributed by atoms with Crippen molar-refractivity contribution >= 4 is 27.7 Å². The number of carbonyl (C=O) groups excluding carboxylic acids is 1. The zero-order chi connectivity index (χ0) is 13.9. The van der Waals surface area contributed by atoms with Crippen molar-refractivity contribution in [2.24, 2.45) is 0 Å². The van der Waals surface area contributed by atoms with E-state index < -0.39 is 11.8 Å². The van der Waals surface area contributed by atoms with Gasteiger partial charge in [0.25, 0.3) is 0 Å². The molecule has 1 aromatic rings. The fourth-order valence-corrected chi connectivity index (χ4v) is 1.57. The monoisotopic (exact) mass is 312 g/mol. The Morgan fingerprint density at radius 1 is 1.39 bits per heavy atom. The Bertz CT molecular complexity index is 538. The van der Waals surface area contributed by atoms with Gasteiger partial charge < -0.3 is 10.4 Å². The number of ketones is 1. The molecule has 0 radical (unpaired) electrons. The summed E-state index contributed by atoms with van der Waals surface area (Å²) in [6, 6.07) is 3.16. The molecular formula is C12H13BrN2O3. The van der Waals surface area contributed by atoms with E-state index in [1.807, 2.05) is 0 Å². The summed E-state index contributed by atoms with van der Waals surface area (Å²) in [6.07, 6.45) is 0. The normalized spacial score (nSPS) is 11.8. The summed E-state index contributed by atoms with van der Waals surface area (Å²) in [5.74, 6) is -1.88. The maximum atomic E-state index is 12.1.